The van der Waals surface area contributed by atoms with E-state index >= 15 is 0 Å². The Bertz CT molecular complexity index is 418. The monoisotopic (exact) mass is 269 g/mol. The van der Waals surface area contributed by atoms with Crippen molar-refractivity contribution in [3.63, 3.8) is 0 Å². The topological polar surface area (TPSA) is 49.3 Å². The highest BCUT2D eigenvalue weighted by molar-refractivity contribution is 6.31. The van der Waals surface area contributed by atoms with Gasteiger partial charge in [-0.2, -0.15) is 0 Å². The first-order chi connectivity index (χ1) is 8.35. The third-order valence-electron chi connectivity index (χ3n) is 2.79. The van der Waals surface area contributed by atoms with Crippen molar-refractivity contribution < 1.29 is 9.90 Å². The molecule has 18 heavy (non-hydrogen) atoms. The molecule has 1 aromatic rings. The summed E-state index contributed by atoms with van der Waals surface area (Å²) in [6, 6.07) is 7.51. The molecule has 0 fully saturated rings. The van der Waals surface area contributed by atoms with Gasteiger partial charge < -0.3 is 10.4 Å². The Kier molecular flexibility index (Phi) is 5.17. The number of halogens is 1. The molecule has 0 aliphatic rings. The average Bonchev–Trinajstić information content (AvgIpc) is 2.31. The molecule has 0 aliphatic carbocycles. The summed E-state index contributed by atoms with van der Waals surface area (Å²) in [6.45, 7) is 5.34. The summed E-state index contributed by atoms with van der Waals surface area (Å²) in [5, 5.41) is 12.6. The molecule has 1 aromatic carbocycles. The van der Waals surface area contributed by atoms with E-state index < -0.39 is 5.54 Å². The van der Waals surface area contributed by atoms with Gasteiger partial charge in [0.15, 0.2) is 0 Å². The summed E-state index contributed by atoms with van der Waals surface area (Å²) in [4.78, 5) is 12.0. The Morgan fingerprint density at radius 2 is 2.06 bits per heavy atom. The molecule has 1 rings (SSSR count). The molecule has 1 unspecified atom stereocenters. The van der Waals surface area contributed by atoms with Gasteiger partial charge in [-0.3, -0.25) is 4.79 Å². The summed E-state index contributed by atoms with van der Waals surface area (Å²) >= 11 is 6.06. The van der Waals surface area contributed by atoms with E-state index in [1.54, 1.807) is 13.8 Å². The maximum Gasteiger partial charge on any atom is 0.223 e. The predicted octanol–water partition coefficient (Wildman–Crippen LogP) is 2.41. The number of nitrogens with one attached hydrogen (secondary N) is 1. The zero-order chi connectivity index (χ0) is 13.8. The fourth-order valence-corrected chi connectivity index (χ4v) is 1.80. The van der Waals surface area contributed by atoms with Crippen LogP contribution in [0.2, 0.25) is 5.02 Å². The van der Waals surface area contributed by atoms with Gasteiger partial charge in [-0.05, 0) is 31.9 Å². The number of hydrogen-bond donors (Lipinski definition) is 2. The van der Waals surface area contributed by atoms with E-state index in [0.717, 1.165) is 5.56 Å². The van der Waals surface area contributed by atoms with Crippen LogP contribution in [0.4, 0.5) is 0 Å². The van der Waals surface area contributed by atoms with Crippen molar-refractivity contribution in [2.45, 2.75) is 32.7 Å². The number of rotatable bonds is 5. The molecule has 0 radical (unpaired) electrons. The van der Waals surface area contributed by atoms with Gasteiger partial charge in [0.25, 0.3) is 0 Å². The van der Waals surface area contributed by atoms with Gasteiger partial charge in [-0.1, -0.05) is 36.7 Å². The predicted molar refractivity (Wildman–Crippen MR) is 73.6 cm³/mol. The maximum atomic E-state index is 12.0. The first kappa shape index (κ1) is 15.0. The lowest BCUT2D eigenvalue weighted by molar-refractivity contribution is -0.126. The SMILES string of the molecule is CC(Cc1ccccc1Cl)C(=O)NC(C)(C)CO. The van der Waals surface area contributed by atoms with Crippen LogP contribution in [0, 0.1) is 5.92 Å². The molecular weight excluding hydrogens is 250 g/mol. The molecule has 2 N–H and O–H groups in total. The van der Waals surface area contributed by atoms with Gasteiger partial charge >= 0.3 is 0 Å². The van der Waals surface area contributed by atoms with E-state index in [1.165, 1.54) is 0 Å². The molecule has 0 saturated carbocycles. The van der Waals surface area contributed by atoms with Crippen molar-refractivity contribution >= 4 is 17.5 Å². The van der Waals surface area contributed by atoms with Crippen LogP contribution >= 0.6 is 11.6 Å². The molecule has 0 heterocycles. The minimum atomic E-state index is -0.591. The highest BCUT2D eigenvalue weighted by Crippen LogP contribution is 2.19. The zero-order valence-electron chi connectivity index (χ0n) is 11.0. The van der Waals surface area contributed by atoms with E-state index in [9.17, 15) is 4.79 Å². The summed E-state index contributed by atoms with van der Waals surface area (Å²) in [7, 11) is 0. The number of carbonyl (C=O) groups is 1. The fourth-order valence-electron chi connectivity index (χ4n) is 1.58. The molecule has 0 spiro atoms. The Balaban J connectivity index is 2.63. The molecular formula is C14H20ClNO2. The summed E-state index contributed by atoms with van der Waals surface area (Å²) in [5.74, 6) is -0.260. The van der Waals surface area contributed by atoms with Gasteiger partial charge in [0, 0.05) is 10.9 Å². The summed E-state index contributed by atoms with van der Waals surface area (Å²) in [5.41, 5.74) is 0.370. The van der Waals surface area contributed by atoms with E-state index in [4.69, 9.17) is 16.7 Å². The van der Waals surface area contributed by atoms with Crippen molar-refractivity contribution in [2.24, 2.45) is 5.92 Å². The Morgan fingerprint density at radius 3 is 2.61 bits per heavy atom. The average molecular weight is 270 g/mol. The molecule has 4 heteroatoms. The summed E-state index contributed by atoms with van der Waals surface area (Å²) < 4.78 is 0. The molecule has 0 aromatic heterocycles. The second kappa shape index (κ2) is 6.21. The van der Waals surface area contributed by atoms with Crippen LogP contribution < -0.4 is 5.32 Å². The number of aliphatic hydroxyl groups excluding tert-OH is 1. The molecule has 1 amide bonds. The number of amides is 1. The fraction of sp³-hybridized carbons (Fsp3) is 0.500. The van der Waals surface area contributed by atoms with E-state index in [0.29, 0.717) is 11.4 Å². The molecule has 0 aliphatic heterocycles. The third-order valence-corrected chi connectivity index (χ3v) is 3.16. The van der Waals surface area contributed by atoms with Gasteiger partial charge in [0.1, 0.15) is 0 Å². The van der Waals surface area contributed by atoms with Crippen LogP contribution in [-0.2, 0) is 11.2 Å². The van der Waals surface area contributed by atoms with Crippen LogP contribution in [0.25, 0.3) is 0 Å². The molecule has 100 valence electrons. The number of carbonyl (C=O) groups excluding carboxylic acids is 1. The van der Waals surface area contributed by atoms with Crippen LogP contribution in [0.1, 0.15) is 26.3 Å². The lowest BCUT2D eigenvalue weighted by Gasteiger charge is -2.25. The lowest BCUT2D eigenvalue weighted by Crippen LogP contribution is -2.48. The van der Waals surface area contributed by atoms with Crippen molar-refractivity contribution in [3.05, 3.63) is 34.9 Å². The minimum absolute atomic E-state index is 0.0750. The molecule has 0 saturated heterocycles. The standard InChI is InChI=1S/C14H20ClNO2/c1-10(13(18)16-14(2,3)9-17)8-11-6-4-5-7-12(11)15/h4-7,10,17H,8-9H2,1-3H3,(H,16,18). The Hall–Kier alpha value is -1.06. The minimum Gasteiger partial charge on any atom is -0.394 e. The second-order valence-electron chi connectivity index (χ2n) is 5.23. The first-order valence-corrected chi connectivity index (χ1v) is 6.40. The number of aliphatic hydroxyl groups is 1. The Morgan fingerprint density at radius 1 is 1.44 bits per heavy atom. The summed E-state index contributed by atoms with van der Waals surface area (Å²) in [6.07, 6.45) is 0.590. The maximum absolute atomic E-state index is 12.0. The molecule has 1 atom stereocenters. The van der Waals surface area contributed by atoms with E-state index in [1.807, 2.05) is 31.2 Å². The van der Waals surface area contributed by atoms with Crippen molar-refractivity contribution in [2.75, 3.05) is 6.61 Å². The first-order valence-electron chi connectivity index (χ1n) is 6.02. The number of hydrogen-bond acceptors (Lipinski definition) is 2. The van der Waals surface area contributed by atoms with Crippen molar-refractivity contribution in [1.29, 1.82) is 0 Å². The van der Waals surface area contributed by atoms with Crippen LogP contribution in [0.3, 0.4) is 0 Å². The van der Waals surface area contributed by atoms with Gasteiger partial charge in [0.05, 0.1) is 12.1 Å². The highest BCUT2D eigenvalue weighted by atomic mass is 35.5. The van der Waals surface area contributed by atoms with Crippen LogP contribution in [0.5, 0.6) is 0 Å². The third kappa shape index (κ3) is 4.31. The largest absolute Gasteiger partial charge is 0.394 e. The van der Waals surface area contributed by atoms with E-state index in [-0.39, 0.29) is 18.4 Å². The van der Waals surface area contributed by atoms with Gasteiger partial charge in [-0.15, -0.1) is 0 Å². The van der Waals surface area contributed by atoms with Crippen molar-refractivity contribution in [1.82, 2.24) is 5.32 Å². The van der Waals surface area contributed by atoms with E-state index in [2.05, 4.69) is 5.32 Å². The smallest absolute Gasteiger partial charge is 0.223 e. The second-order valence-corrected chi connectivity index (χ2v) is 5.64. The highest BCUT2D eigenvalue weighted by Gasteiger charge is 2.23. The van der Waals surface area contributed by atoms with Crippen LogP contribution in [0.15, 0.2) is 24.3 Å². The Labute approximate surface area is 113 Å². The lowest BCUT2D eigenvalue weighted by atomic mass is 9.98. The molecule has 0 bridgehead atoms. The van der Waals surface area contributed by atoms with Gasteiger partial charge in [-0.25, -0.2) is 0 Å². The van der Waals surface area contributed by atoms with Gasteiger partial charge in [0.2, 0.25) is 5.91 Å². The van der Waals surface area contributed by atoms with Crippen molar-refractivity contribution in [3.8, 4) is 0 Å². The van der Waals surface area contributed by atoms with Crippen LogP contribution in [-0.4, -0.2) is 23.2 Å². The quantitative estimate of drug-likeness (QED) is 0.862. The normalized spacial score (nSPS) is 13.2. The zero-order valence-corrected chi connectivity index (χ0v) is 11.8. The molecule has 3 nitrogen and oxygen atoms in total. The number of benzene rings is 1.